The summed E-state index contributed by atoms with van der Waals surface area (Å²) in [5.74, 6) is 0.503. The number of carbonyl (C=O) groups is 1. The molecule has 33 heavy (non-hydrogen) atoms. The molecule has 1 aliphatic carbocycles. The van der Waals surface area contributed by atoms with Crippen molar-refractivity contribution in [2.45, 2.75) is 57.0 Å². The fourth-order valence-electron chi connectivity index (χ4n) is 4.22. The molecular formula is C24H24N4O2S3. The van der Waals surface area contributed by atoms with E-state index in [9.17, 15) is 9.59 Å². The number of aromatic nitrogens is 3. The number of carbonyl (C=O) groups excluding carboxylic acids is 1. The van der Waals surface area contributed by atoms with Gasteiger partial charge >= 0.3 is 0 Å². The number of nitrogens with zero attached hydrogens (tertiary/aromatic N) is 4. The second-order valence-electron chi connectivity index (χ2n) is 7.93. The van der Waals surface area contributed by atoms with E-state index in [-0.39, 0.29) is 11.5 Å². The number of anilines is 2. The molecular weight excluding hydrogens is 472 g/mol. The fourth-order valence-corrected chi connectivity index (χ4v) is 7.47. The molecule has 1 aromatic carbocycles. The van der Waals surface area contributed by atoms with Gasteiger partial charge < -0.3 is 0 Å². The van der Waals surface area contributed by atoms with Gasteiger partial charge in [0.15, 0.2) is 10.3 Å². The summed E-state index contributed by atoms with van der Waals surface area (Å²) in [5.41, 5.74) is 2.97. The third kappa shape index (κ3) is 4.25. The predicted octanol–water partition coefficient (Wildman–Crippen LogP) is 5.79. The van der Waals surface area contributed by atoms with Crippen LogP contribution in [0, 0.1) is 0 Å². The van der Waals surface area contributed by atoms with E-state index in [0.717, 1.165) is 46.0 Å². The zero-order valence-electron chi connectivity index (χ0n) is 18.5. The third-order valence-corrected chi connectivity index (χ3v) is 8.84. The zero-order valence-corrected chi connectivity index (χ0v) is 21.0. The van der Waals surface area contributed by atoms with Crippen LogP contribution in [0.5, 0.6) is 0 Å². The lowest BCUT2D eigenvalue weighted by Gasteiger charge is -2.17. The van der Waals surface area contributed by atoms with Crippen molar-refractivity contribution >= 4 is 61.4 Å². The lowest BCUT2D eigenvalue weighted by molar-refractivity contribution is -0.115. The molecule has 0 atom stereocenters. The van der Waals surface area contributed by atoms with Crippen LogP contribution < -0.4 is 10.5 Å². The number of thiazole rings is 1. The minimum Gasteiger partial charge on any atom is -0.287 e. The van der Waals surface area contributed by atoms with Crippen LogP contribution in [0.1, 0.15) is 42.8 Å². The standard InChI is InChI=1S/C24H24N4O2S3/c1-3-27-22(30)20-18-11-7-8-12-19(18)33-21(20)26-23(27)31-13-16-14-32-24(25-16)28(15(2)29)17-9-5-4-6-10-17/h4-6,9-10,14H,3,7-8,11-13H2,1-2H3. The Morgan fingerprint density at radius 1 is 1.18 bits per heavy atom. The van der Waals surface area contributed by atoms with Gasteiger partial charge in [-0.3, -0.25) is 19.1 Å². The van der Waals surface area contributed by atoms with Gasteiger partial charge in [0, 0.05) is 29.5 Å². The van der Waals surface area contributed by atoms with Gasteiger partial charge in [-0.05, 0) is 50.3 Å². The number of hydrogen-bond acceptors (Lipinski definition) is 7. The predicted molar refractivity (Wildman–Crippen MR) is 137 cm³/mol. The van der Waals surface area contributed by atoms with E-state index in [0.29, 0.717) is 17.4 Å². The fraction of sp³-hybridized carbons (Fsp3) is 0.333. The highest BCUT2D eigenvalue weighted by molar-refractivity contribution is 7.98. The molecule has 6 nitrogen and oxygen atoms in total. The number of thioether (sulfide) groups is 1. The Kier molecular flexibility index (Phi) is 6.36. The Balaban J connectivity index is 1.42. The summed E-state index contributed by atoms with van der Waals surface area (Å²) in [6.45, 7) is 4.12. The second kappa shape index (κ2) is 9.40. The highest BCUT2D eigenvalue weighted by Crippen LogP contribution is 2.35. The monoisotopic (exact) mass is 496 g/mol. The van der Waals surface area contributed by atoms with Crippen LogP contribution in [0.25, 0.3) is 10.2 Å². The first-order chi connectivity index (χ1) is 16.1. The number of benzene rings is 1. The molecule has 4 aromatic rings. The summed E-state index contributed by atoms with van der Waals surface area (Å²) in [5, 5.41) is 4.18. The van der Waals surface area contributed by atoms with Crippen molar-refractivity contribution in [3.8, 4) is 0 Å². The van der Waals surface area contributed by atoms with Crippen LogP contribution in [0.3, 0.4) is 0 Å². The smallest absolute Gasteiger partial charge is 0.263 e. The molecule has 0 bridgehead atoms. The van der Waals surface area contributed by atoms with E-state index in [1.807, 2.05) is 42.6 Å². The number of para-hydroxylation sites is 1. The summed E-state index contributed by atoms with van der Waals surface area (Å²) < 4.78 is 1.79. The maximum atomic E-state index is 13.3. The van der Waals surface area contributed by atoms with E-state index in [1.165, 1.54) is 40.0 Å². The van der Waals surface area contributed by atoms with E-state index < -0.39 is 0 Å². The highest BCUT2D eigenvalue weighted by Gasteiger charge is 2.22. The number of amides is 1. The molecule has 0 unspecified atom stereocenters. The van der Waals surface area contributed by atoms with Crippen molar-refractivity contribution in [3.63, 3.8) is 0 Å². The van der Waals surface area contributed by atoms with E-state index in [1.54, 1.807) is 27.7 Å². The first-order valence-electron chi connectivity index (χ1n) is 11.0. The minimum absolute atomic E-state index is 0.0789. The van der Waals surface area contributed by atoms with Crippen LogP contribution in [-0.4, -0.2) is 20.4 Å². The number of fused-ring (bicyclic) bond motifs is 3. The second-order valence-corrected chi connectivity index (χ2v) is 10.8. The summed E-state index contributed by atoms with van der Waals surface area (Å²) in [4.78, 5) is 39.0. The molecule has 0 saturated heterocycles. The first kappa shape index (κ1) is 22.3. The summed E-state index contributed by atoms with van der Waals surface area (Å²) >= 11 is 4.65. The summed E-state index contributed by atoms with van der Waals surface area (Å²) in [7, 11) is 0. The molecule has 0 N–H and O–H groups in total. The van der Waals surface area contributed by atoms with Crippen LogP contribution in [-0.2, 0) is 29.9 Å². The molecule has 170 valence electrons. The van der Waals surface area contributed by atoms with Crippen molar-refractivity contribution < 1.29 is 4.79 Å². The molecule has 0 radical (unpaired) electrons. The van der Waals surface area contributed by atoms with Crippen LogP contribution in [0.15, 0.2) is 45.7 Å². The normalized spacial score (nSPS) is 13.3. The number of hydrogen-bond donors (Lipinski definition) is 0. The van der Waals surface area contributed by atoms with Crippen LogP contribution in [0.4, 0.5) is 10.8 Å². The van der Waals surface area contributed by atoms with Crippen molar-refractivity contribution in [1.29, 1.82) is 0 Å². The summed E-state index contributed by atoms with van der Waals surface area (Å²) in [6.07, 6.45) is 4.38. The van der Waals surface area contributed by atoms with Gasteiger partial charge in [-0.15, -0.1) is 22.7 Å². The van der Waals surface area contributed by atoms with Gasteiger partial charge in [0.25, 0.3) is 5.56 Å². The van der Waals surface area contributed by atoms with E-state index in [4.69, 9.17) is 9.97 Å². The van der Waals surface area contributed by atoms with Crippen molar-refractivity contribution in [1.82, 2.24) is 14.5 Å². The van der Waals surface area contributed by atoms with Gasteiger partial charge in [-0.25, -0.2) is 9.97 Å². The maximum Gasteiger partial charge on any atom is 0.263 e. The summed E-state index contributed by atoms with van der Waals surface area (Å²) in [6, 6.07) is 9.54. The molecule has 3 heterocycles. The van der Waals surface area contributed by atoms with Gasteiger partial charge in [0.2, 0.25) is 5.91 Å². The SMILES string of the molecule is CCn1c(SCc2csc(N(C(C)=O)c3ccccc3)n2)nc2sc3c(c2c1=O)CCCC3. The van der Waals surface area contributed by atoms with E-state index in [2.05, 4.69) is 0 Å². The lowest BCUT2D eigenvalue weighted by atomic mass is 9.97. The minimum atomic E-state index is -0.0802. The lowest BCUT2D eigenvalue weighted by Crippen LogP contribution is -2.23. The molecule has 0 saturated carbocycles. The van der Waals surface area contributed by atoms with Crippen molar-refractivity contribution in [2.75, 3.05) is 4.90 Å². The van der Waals surface area contributed by atoms with Crippen molar-refractivity contribution in [2.24, 2.45) is 0 Å². The van der Waals surface area contributed by atoms with Gasteiger partial charge in [0.05, 0.1) is 16.8 Å². The average Bonchev–Trinajstić information content (AvgIpc) is 3.43. The Hall–Kier alpha value is -2.49. The Labute approximate surface area is 204 Å². The molecule has 5 rings (SSSR count). The molecule has 1 amide bonds. The molecule has 0 fully saturated rings. The van der Waals surface area contributed by atoms with Crippen LogP contribution in [0.2, 0.25) is 0 Å². The highest BCUT2D eigenvalue weighted by atomic mass is 32.2. The van der Waals surface area contributed by atoms with Crippen molar-refractivity contribution in [3.05, 3.63) is 62.2 Å². The zero-order chi connectivity index (χ0) is 22.9. The molecule has 0 spiro atoms. The number of aryl methyl sites for hydroxylation is 2. The average molecular weight is 497 g/mol. The molecule has 9 heteroatoms. The quantitative estimate of drug-likeness (QED) is 0.250. The molecule has 0 aliphatic heterocycles. The molecule has 3 aromatic heterocycles. The Bertz CT molecular complexity index is 1370. The van der Waals surface area contributed by atoms with Gasteiger partial charge in [-0.2, -0.15) is 0 Å². The Morgan fingerprint density at radius 2 is 1.97 bits per heavy atom. The topological polar surface area (TPSA) is 68.1 Å². The first-order valence-corrected chi connectivity index (χ1v) is 13.7. The number of rotatable bonds is 6. The molecule has 1 aliphatic rings. The maximum absolute atomic E-state index is 13.3. The van der Waals surface area contributed by atoms with Crippen LogP contribution >= 0.6 is 34.4 Å². The van der Waals surface area contributed by atoms with Gasteiger partial charge in [0.1, 0.15) is 4.83 Å². The largest absolute Gasteiger partial charge is 0.287 e. The Morgan fingerprint density at radius 3 is 2.73 bits per heavy atom. The van der Waals surface area contributed by atoms with Gasteiger partial charge in [-0.1, -0.05) is 30.0 Å². The van der Waals surface area contributed by atoms with E-state index >= 15 is 0 Å². The number of thiophene rings is 1. The third-order valence-electron chi connectivity index (χ3n) is 5.77.